The third-order valence-corrected chi connectivity index (χ3v) is 8.17. The van der Waals surface area contributed by atoms with Gasteiger partial charge in [0.25, 0.3) is 0 Å². The molecule has 3 amide bonds. The summed E-state index contributed by atoms with van der Waals surface area (Å²) >= 11 is 5.99. The molecule has 36 heavy (non-hydrogen) atoms. The Morgan fingerprint density at radius 2 is 1.72 bits per heavy atom. The van der Waals surface area contributed by atoms with Crippen LogP contribution < -0.4 is 10.6 Å². The lowest BCUT2D eigenvalue weighted by molar-refractivity contribution is -0.144. The van der Waals surface area contributed by atoms with Crippen molar-refractivity contribution in [2.45, 2.75) is 49.9 Å². The molecule has 190 valence electrons. The van der Waals surface area contributed by atoms with Gasteiger partial charge in [0.05, 0.1) is 17.4 Å². The van der Waals surface area contributed by atoms with Crippen LogP contribution in [0.1, 0.15) is 32.6 Å². The maximum Gasteiger partial charge on any atom is 0.250 e. The quantitative estimate of drug-likeness (QED) is 0.503. The molecule has 0 radical (unpaired) electrons. The first-order chi connectivity index (χ1) is 17.3. The summed E-state index contributed by atoms with van der Waals surface area (Å²) in [5.74, 6) is -2.43. The fourth-order valence-electron chi connectivity index (χ4n) is 6.38. The second-order valence-corrected chi connectivity index (χ2v) is 10.2. The van der Waals surface area contributed by atoms with Gasteiger partial charge in [0.15, 0.2) is 0 Å². The summed E-state index contributed by atoms with van der Waals surface area (Å²) in [6, 6.07) is 14.9. The number of para-hydroxylation sites is 1. The molecule has 3 fully saturated rings. The van der Waals surface area contributed by atoms with Crippen molar-refractivity contribution in [3.63, 3.8) is 0 Å². The number of hydrogen-bond acceptors (Lipinski definition) is 5. The van der Waals surface area contributed by atoms with E-state index in [1.54, 1.807) is 36.4 Å². The number of benzene rings is 2. The molecule has 0 aliphatic carbocycles. The summed E-state index contributed by atoms with van der Waals surface area (Å²) in [5, 5.41) is 15.9. The van der Waals surface area contributed by atoms with E-state index in [-0.39, 0.29) is 30.9 Å². The summed E-state index contributed by atoms with van der Waals surface area (Å²) in [6.07, 6.45) is 1.95. The van der Waals surface area contributed by atoms with E-state index in [2.05, 4.69) is 10.6 Å². The van der Waals surface area contributed by atoms with Crippen LogP contribution in [0.4, 0.5) is 11.4 Å². The van der Waals surface area contributed by atoms with E-state index in [9.17, 15) is 19.5 Å². The van der Waals surface area contributed by atoms with Crippen LogP contribution in [-0.2, 0) is 19.1 Å². The largest absolute Gasteiger partial charge is 0.396 e. The Bertz CT molecular complexity index is 1160. The lowest BCUT2D eigenvalue weighted by Crippen LogP contribution is -2.53. The molecule has 3 saturated heterocycles. The number of halogens is 1. The minimum Gasteiger partial charge on any atom is -0.396 e. The van der Waals surface area contributed by atoms with Crippen molar-refractivity contribution in [3.8, 4) is 0 Å². The van der Waals surface area contributed by atoms with Gasteiger partial charge in [-0.3, -0.25) is 14.4 Å². The zero-order chi connectivity index (χ0) is 25.5. The van der Waals surface area contributed by atoms with Crippen LogP contribution >= 0.6 is 11.6 Å². The number of nitrogens with one attached hydrogen (secondary N) is 2. The van der Waals surface area contributed by atoms with Crippen molar-refractivity contribution in [3.05, 3.63) is 59.6 Å². The smallest absolute Gasteiger partial charge is 0.250 e. The summed E-state index contributed by atoms with van der Waals surface area (Å²) in [4.78, 5) is 42.8. The third-order valence-electron chi connectivity index (χ3n) is 7.92. The number of anilines is 2. The van der Waals surface area contributed by atoms with Crippen LogP contribution in [0.15, 0.2) is 54.6 Å². The maximum absolute atomic E-state index is 13.9. The van der Waals surface area contributed by atoms with Gasteiger partial charge in [-0.15, -0.1) is 0 Å². The molecule has 2 aromatic carbocycles. The van der Waals surface area contributed by atoms with Crippen molar-refractivity contribution in [1.82, 2.24) is 4.90 Å². The highest BCUT2D eigenvalue weighted by molar-refractivity contribution is 6.30. The van der Waals surface area contributed by atoms with Crippen molar-refractivity contribution < 1.29 is 24.2 Å². The van der Waals surface area contributed by atoms with Gasteiger partial charge in [-0.1, -0.05) is 36.7 Å². The molecule has 9 heteroatoms. The molecule has 5 atom stereocenters. The number of aliphatic hydroxyl groups excluding tert-OH is 1. The van der Waals surface area contributed by atoms with E-state index in [4.69, 9.17) is 16.3 Å². The number of hydrogen-bond donors (Lipinski definition) is 3. The minimum absolute atomic E-state index is 0.120. The van der Waals surface area contributed by atoms with E-state index in [0.29, 0.717) is 42.1 Å². The first kappa shape index (κ1) is 24.7. The lowest BCUT2D eigenvalue weighted by Gasteiger charge is -2.34. The molecule has 3 N–H and O–H groups in total. The van der Waals surface area contributed by atoms with Crippen molar-refractivity contribution in [1.29, 1.82) is 0 Å². The van der Waals surface area contributed by atoms with Crippen LogP contribution in [0.25, 0.3) is 0 Å². The molecule has 2 bridgehead atoms. The van der Waals surface area contributed by atoms with Gasteiger partial charge in [0.2, 0.25) is 17.7 Å². The van der Waals surface area contributed by atoms with E-state index < -0.39 is 29.1 Å². The van der Waals surface area contributed by atoms with Crippen LogP contribution in [0.2, 0.25) is 5.02 Å². The predicted molar refractivity (Wildman–Crippen MR) is 135 cm³/mol. The summed E-state index contributed by atoms with van der Waals surface area (Å²) in [7, 11) is 0. The number of ether oxygens (including phenoxy) is 1. The van der Waals surface area contributed by atoms with Gasteiger partial charge in [0, 0.05) is 29.5 Å². The van der Waals surface area contributed by atoms with Crippen LogP contribution in [-0.4, -0.2) is 58.1 Å². The van der Waals surface area contributed by atoms with Gasteiger partial charge in [0.1, 0.15) is 11.6 Å². The maximum atomic E-state index is 13.9. The minimum atomic E-state index is -1.11. The average molecular weight is 512 g/mol. The Morgan fingerprint density at radius 1 is 1.06 bits per heavy atom. The molecule has 3 heterocycles. The Labute approximate surface area is 215 Å². The van der Waals surface area contributed by atoms with Crippen molar-refractivity contribution >= 4 is 40.7 Å². The standard InChI is InChI=1S/C27H30ClN3O5/c1-2-26-13-14-27(36-26)21(20(26)23(33)29-18-7-4-3-5-8-18)25(35)31(15-6-16-32)22(27)24(34)30-19-11-9-17(28)10-12-19/h3-5,7-12,20-22,32H,2,6,13-16H2,1H3,(H,29,33)(H,30,34)/t20-,21+,22?,26+,27?/m1/s1. The normalized spacial score (nSPS) is 30.4. The molecule has 5 rings (SSSR count). The zero-order valence-corrected chi connectivity index (χ0v) is 20.8. The van der Waals surface area contributed by atoms with Crippen molar-refractivity contribution in [2.24, 2.45) is 11.8 Å². The third kappa shape index (κ3) is 3.88. The summed E-state index contributed by atoms with van der Waals surface area (Å²) < 4.78 is 6.70. The second-order valence-electron chi connectivity index (χ2n) is 9.79. The molecule has 2 unspecified atom stereocenters. The number of fused-ring (bicyclic) bond motifs is 1. The summed E-state index contributed by atoms with van der Waals surface area (Å²) in [5.41, 5.74) is -0.737. The van der Waals surface area contributed by atoms with E-state index in [1.165, 1.54) is 4.90 Å². The van der Waals surface area contributed by atoms with Crippen molar-refractivity contribution in [2.75, 3.05) is 23.8 Å². The molecular weight excluding hydrogens is 482 g/mol. The number of rotatable bonds is 8. The number of amides is 3. The monoisotopic (exact) mass is 511 g/mol. The van der Waals surface area contributed by atoms with Crippen LogP contribution in [0.3, 0.4) is 0 Å². The van der Waals surface area contributed by atoms with Gasteiger partial charge >= 0.3 is 0 Å². The first-order valence-corrected chi connectivity index (χ1v) is 12.8. The van der Waals surface area contributed by atoms with E-state index in [1.807, 2.05) is 25.1 Å². The zero-order valence-electron chi connectivity index (χ0n) is 20.1. The Balaban J connectivity index is 1.51. The Morgan fingerprint density at radius 3 is 2.39 bits per heavy atom. The average Bonchev–Trinajstić information content (AvgIpc) is 3.48. The molecule has 0 aromatic heterocycles. The van der Waals surface area contributed by atoms with Crippen LogP contribution in [0, 0.1) is 11.8 Å². The molecule has 3 aliphatic heterocycles. The van der Waals surface area contributed by atoms with Gasteiger partial charge < -0.3 is 25.4 Å². The topological polar surface area (TPSA) is 108 Å². The van der Waals surface area contributed by atoms with Gasteiger partial charge in [-0.2, -0.15) is 0 Å². The highest BCUT2D eigenvalue weighted by atomic mass is 35.5. The Kier molecular flexibility index (Phi) is 6.53. The number of carbonyl (C=O) groups is 3. The predicted octanol–water partition coefficient (Wildman–Crippen LogP) is 3.45. The highest BCUT2D eigenvalue weighted by Gasteiger charge is 2.78. The number of carbonyl (C=O) groups excluding carboxylic acids is 3. The molecule has 1 spiro atoms. The Hall–Kier alpha value is -2.94. The summed E-state index contributed by atoms with van der Waals surface area (Å²) in [6.45, 7) is 2.03. The molecule has 0 saturated carbocycles. The van der Waals surface area contributed by atoms with E-state index in [0.717, 1.165) is 0 Å². The lowest BCUT2D eigenvalue weighted by atomic mass is 9.65. The van der Waals surface area contributed by atoms with Gasteiger partial charge in [-0.25, -0.2) is 0 Å². The van der Waals surface area contributed by atoms with Gasteiger partial charge in [-0.05, 0) is 62.1 Å². The van der Waals surface area contributed by atoms with Crippen LogP contribution in [0.5, 0.6) is 0 Å². The molecule has 3 aliphatic rings. The molecular formula is C27H30ClN3O5. The fourth-order valence-corrected chi connectivity index (χ4v) is 6.51. The second kappa shape index (κ2) is 9.50. The fraction of sp³-hybridized carbons (Fsp3) is 0.444. The molecule has 2 aromatic rings. The van der Waals surface area contributed by atoms with E-state index >= 15 is 0 Å². The number of aliphatic hydroxyl groups is 1. The molecule has 8 nitrogen and oxygen atoms in total. The number of nitrogens with zero attached hydrogens (tertiary/aromatic N) is 1. The number of likely N-dealkylation sites (tertiary alicyclic amines) is 1. The first-order valence-electron chi connectivity index (χ1n) is 12.4. The SMILES string of the molecule is CC[C@@]12CCC3(O1)C(C(=O)Nc1ccc(Cl)cc1)N(CCCO)C(=O)[C@@H]3[C@@H]2C(=O)Nc1ccccc1. The highest BCUT2D eigenvalue weighted by Crippen LogP contribution is 2.64.